The van der Waals surface area contributed by atoms with Crippen LogP contribution in [0.4, 0.5) is 13.2 Å². The first-order chi connectivity index (χ1) is 13.1. The maximum absolute atomic E-state index is 13.7. The van der Waals surface area contributed by atoms with E-state index in [-0.39, 0.29) is 23.5 Å². The van der Waals surface area contributed by atoms with E-state index >= 15 is 0 Å². The van der Waals surface area contributed by atoms with Crippen LogP contribution in [0.5, 0.6) is 0 Å². The second kappa shape index (κ2) is 6.46. The number of hydrogen-bond acceptors (Lipinski definition) is 3. The Hall–Kier alpha value is -2.12. The number of hydrogen-bond donors (Lipinski definition) is 0. The number of carbonyl (C=O) groups excluding carboxylic acids is 1. The Morgan fingerprint density at radius 3 is 2.43 bits per heavy atom. The first-order valence-electron chi connectivity index (χ1n) is 9.84. The van der Waals surface area contributed by atoms with Crippen molar-refractivity contribution in [3.63, 3.8) is 0 Å². The van der Waals surface area contributed by atoms with E-state index in [1.807, 2.05) is 25.7 Å². The lowest BCUT2D eigenvalue weighted by Gasteiger charge is -2.35. The Bertz CT molecular complexity index is 909. The SMILES string of the molecule is CC(C)(C)c1cc(C(F)(F)F)n2nc([C@@H]3CCCCN3C(=O)C3CC3)cc2n1. The van der Waals surface area contributed by atoms with Crippen LogP contribution in [-0.2, 0) is 16.4 Å². The molecule has 2 aromatic heterocycles. The Balaban J connectivity index is 1.80. The molecule has 1 amide bonds. The van der Waals surface area contributed by atoms with Crippen molar-refractivity contribution in [3.05, 3.63) is 29.2 Å². The molecular formula is C20H25F3N4O. The standard InChI is InChI=1S/C20H25F3N4O/c1-19(2,3)15-11-16(20(21,22)23)27-17(24-15)10-13(25-27)14-6-4-5-9-26(14)18(28)12-7-8-12/h10-12,14H,4-9H2,1-3H3/t14-/m0/s1. The monoisotopic (exact) mass is 394 g/mol. The molecule has 5 nitrogen and oxygen atoms in total. The third kappa shape index (κ3) is 3.49. The molecule has 1 aliphatic heterocycles. The molecule has 0 unspecified atom stereocenters. The van der Waals surface area contributed by atoms with Crippen LogP contribution in [0.3, 0.4) is 0 Å². The van der Waals surface area contributed by atoms with Gasteiger partial charge in [-0.05, 0) is 38.2 Å². The average molecular weight is 394 g/mol. The van der Waals surface area contributed by atoms with Gasteiger partial charge in [0.1, 0.15) is 5.69 Å². The molecule has 152 valence electrons. The lowest BCUT2D eigenvalue weighted by molar-refractivity contribution is -0.143. The normalized spacial score (nSPS) is 21.4. The Morgan fingerprint density at radius 1 is 1.11 bits per heavy atom. The van der Waals surface area contributed by atoms with Gasteiger partial charge in [0, 0.05) is 23.9 Å². The fraction of sp³-hybridized carbons (Fsp3) is 0.650. The summed E-state index contributed by atoms with van der Waals surface area (Å²) in [6.07, 6.45) is -0.164. The van der Waals surface area contributed by atoms with E-state index in [9.17, 15) is 18.0 Å². The third-order valence-corrected chi connectivity index (χ3v) is 5.56. The van der Waals surface area contributed by atoms with Gasteiger partial charge in [-0.25, -0.2) is 9.50 Å². The number of alkyl halides is 3. The van der Waals surface area contributed by atoms with Crippen molar-refractivity contribution in [2.75, 3.05) is 6.54 Å². The zero-order chi connectivity index (χ0) is 20.3. The molecule has 8 heteroatoms. The minimum atomic E-state index is -4.54. The molecule has 1 saturated carbocycles. The van der Waals surface area contributed by atoms with Crippen LogP contribution in [0.15, 0.2) is 12.1 Å². The highest BCUT2D eigenvalue weighted by Gasteiger charge is 2.40. The van der Waals surface area contributed by atoms with Gasteiger partial charge in [-0.1, -0.05) is 20.8 Å². The lowest BCUT2D eigenvalue weighted by Crippen LogP contribution is -2.39. The molecule has 1 saturated heterocycles. The molecule has 2 fully saturated rings. The van der Waals surface area contributed by atoms with Gasteiger partial charge in [-0.3, -0.25) is 4.79 Å². The van der Waals surface area contributed by atoms with E-state index in [1.54, 1.807) is 6.07 Å². The summed E-state index contributed by atoms with van der Waals surface area (Å²) in [6, 6.07) is 2.42. The molecule has 4 rings (SSSR count). The predicted octanol–water partition coefficient (Wildman–Crippen LogP) is 4.51. The largest absolute Gasteiger partial charge is 0.433 e. The van der Waals surface area contributed by atoms with Crippen LogP contribution in [-0.4, -0.2) is 31.9 Å². The molecule has 3 heterocycles. The summed E-state index contributed by atoms with van der Waals surface area (Å²) in [5, 5.41) is 4.28. The average Bonchev–Trinajstić information content (AvgIpc) is 3.37. The summed E-state index contributed by atoms with van der Waals surface area (Å²) >= 11 is 0. The van der Waals surface area contributed by atoms with Crippen molar-refractivity contribution in [3.8, 4) is 0 Å². The highest BCUT2D eigenvalue weighted by molar-refractivity contribution is 5.81. The van der Waals surface area contributed by atoms with Gasteiger partial charge in [-0.15, -0.1) is 0 Å². The summed E-state index contributed by atoms with van der Waals surface area (Å²) in [7, 11) is 0. The number of amides is 1. The van der Waals surface area contributed by atoms with Gasteiger partial charge in [-0.2, -0.15) is 18.3 Å². The number of nitrogens with zero attached hydrogens (tertiary/aromatic N) is 4. The van der Waals surface area contributed by atoms with Crippen molar-refractivity contribution >= 4 is 11.6 Å². The molecule has 0 spiro atoms. The number of rotatable bonds is 2. The fourth-order valence-corrected chi connectivity index (χ4v) is 3.81. The molecule has 1 atom stereocenters. The van der Waals surface area contributed by atoms with E-state index < -0.39 is 17.3 Å². The quantitative estimate of drug-likeness (QED) is 0.753. The first kappa shape index (κ1) is 19.2. The maximum Gasteiger partial charge on any atom is 0.433 e. The second-order valence-corrected chi connectivity index (χ2v) is 8.93. The van der Waals surface area contributed by atoms with Crippen LogP contribution in [0.1, 0.15) is 76.0 Å². The van der Waals surface area contributed by atoms with Crippen LogP contribution in [0.2, 0.25) is 0 Å². The predicted molar refractivity (Wildman–Crippen MR) is 97.7 cm³/mol. The maximum atomic E-state index is 13.7. The van der Waals surface area contributed by atoms with E-state index in [0.29, 0.717) is 17.9 Å². The molecule has 0 bridgehead atoms. The third-order valence-electron chi connectivity index (χ3n) is 5.56. The van der Waals surface area contributed by atoms with E-state index in [1.165, 1.54) is 0 Å². The molecular weight excluding hydrogens is 369 g/mol. The number of aromatic nitrogens is 3. The first-order valence-corrected chi connectivity index (χ1v) is 9.84. The molecule has 2 aliphatic rings. The smallest absolute Gasteiger partial charge is 0.334 e. The summed E-state index contributed by atoms with van der Waals surface area (Å²) < 4.78 is 42.0. The van der Waals surface area contributed by atoms with Gasteiger partial charge < -0.3 is 4.90 Å². The highest BCUT2D eigenvalue weighted by atomic mass is 19.4. The molecule has 0 radical (unpaired) electrons. The summed E-state index contributed by atoms with van der Waals surface area (Å²) in [4.78, 5) is 18.9. The number of fused-ring (bicyclic) bond motifs is 1. The van der Waals surface area contributed by atoms with Crippen molar-refractivity contribution in [1.82, 2.24) is 19.5 Å². The van der Waals surface area contributed by atoms with Crippen LogP contribution in [0, 0.1) is 5.92 Å². The molecule has 0 N–H and O–H groups in total. The van der Waals surface area contributed by atoms with E-state index in [0.717, 1.165) is 42.7 Å². The molecule has 2 aromatic rings. The van der Waals surface area contributed by atoms with Crippen LogP contribution < -0.4 is 0 Å². The molecule has 28 heavy (non-hydrogen) atoms. The lowest BCUT2D eigenvalue weighted by atomic mass is 9.91. The Kier molecular flexibility index (Phi) is 4.43. The van der Waals surface area contributed by atoms with Gasteiger partial charge >= 0.3 is 6.18 Å². The number of carbonyl (C=O) groups is 1. The number of piperidine rings is 1. The minimum absolute atomic E-state index is 0.0778. The second-order valence-electron chi connectivity index (χ2n) is 8.93. The van der Waals surface area contributed by atoms with Gasteiger partial charge in [0.25, 0.3) is 0 Å². The van der Waals surface area contributed by atoms with Crippen molar-refractivity contribution in [2.24, 2.45) is 5.92 Å². The van der Waals surface area contributed by atoms with Crippen molar-refractivity contribution in [2.45, 2.75) is 70.5 Å². The fourth-order valence-electron chi connectivity index (χ4n) is 3.81. The topological polar surface area (TPSA) is 50.5 Å². The van der Waals surface area contributed by atoms with E-state index in [2.05, 4.69) is 10.1 Å². The van der Waals surface area contributed by atoms with Crippen LogP contribution >= 0.6 is 0 Å². The Morgan fingerprint density at radius 2 is 1.82 bits per heavy atom. The summed E-state index contributed by atoms with van der Waals surface area (Å²) in [5.41, 5.74) is -0.305. The summed E-state index contributed by atoms with van der Waals surface area (Å²) in [5.74, 6) is 0.190. The zero-order valence-corrected chi connectivity index (χ0v) is 16.4. The highest BCUT2D eigenvalue weighted by Crippen LogP contribution is 2.39. The van der Waals surface area contributed by atoms with Gasteiger partial charge in [0.05, 0.1) is 17.4 Å². The number of likely N-dealkylation sites (tertiary alicyclic amines) is 1. The van der Waals surface area contributed by atoms with Crippen LogP contribution in [0.25, 0.3) is 5.65 Å². The van der Waals surface area contributed by atoms with Crippen molar-refractivity contribution in [1.29, 1.82) is 0 Å². The Labute approximate surface area is 161 Å². The van der Waals surface area contributed by atoms with Gasteiger partial charge in [0.15, 0.2) is 5.65 Å². The minimum Gasteiger partial charge on any atom is -0.334 e. The number of halogens is 3. The molecule has 0 aromatic carbocycles. The zero-order valence-electron chi connectivity index (χ0n) is 16.4. The van der Waals surface area contributed by atoms with Crippen molar-refractivity contribution < 1.29 is 18.0 Å². The summed E-state index contributed by atoms with van der Waals surface area (Å²) in [6.45, 7) is 6.14. The van der Waals surface area contributed by atoms with E-state index in [4.69, 9.17) is 0 Å². The van der Waals surface area contributed by atoms with Gasteiger partial charge in [0.2, 0.25) is 5.91 Å². The molecule has 1 aliphatic carbocycles.